The number of aromatic nitrogens is 2. The number of nitrogens with one attached hydrogen (secondary N) is 1. The Kier molecular flexibility index (Phi) is 4.92. The first kappa shape index (κ1) is 18.0. The molecule has 0 spiro atoms. The molecule has 0 amide bonds. The lowest BCUT2D eigenvalue weighted by atomic mass is 10.2. The van der Waals surface area contributed by atoms with E-state index in [0.29, 0.717) is 18.1 Å². The van der Waals surface area contributed by atoms with Crippen molar-refractivity contribution in [1.29, 1.82) is 0 Å². The number of fused-ring (bicyclic) bond motifs is 1. The fourth-order valence-corrected chi connectivity index (χ4v) is 2.86. The van der Waals surface area contributed by atoms with Crippen molar-refractivity contribution in [3.05, 3.63) is 76.2 Å². The Morgan fingerprint density at radius 3 is 2.64 bits per heavy atom. The van der Waals surface area contributed by atoms with Gasteiger partial charge in [0.05, 0.1) is 0 Å². The quantitative estimate of drug-likeness (QED) is 0.718. The Morgan fingerprint density at radius 1 is 1.07 bits per heavy atom. The minimum atomic E-state index is -0.967. The highest BCUT2D eigenvalue weighted by Crippen LogP contribution is 2.24. The number of nitrogens with zero attached hydrogens (tertiary/aromatic N) is 2. The van der Waals surface area contributed by atoms with Gasteiger partial charge in [0.15, 0.2) is 11.6 Å². The highest BCUT2D eigenvalue weighted by molar-refractivity contribution is 5.40. The Hall–Kier alpha value is -3.42. The monoisotopic (exact) mass is 387 g/mol. The van der Waals surface area contributed by atoms with E-state index in [2.05, 4.69) is 10.3 Å². The maximum Gasteiger partial charge on any atom is 0.352 e. The van der Waals surface area contributed by atoms with Gasteiger partial charge < -0.3 is 14.8 Å². The Labute approximate surface area is 160 Å². The highest BCUT2D eigenvalue weighted by Gasteiger charge is 2.12. The van der Waals surface area contributed by atoms with E-state index in [0.717, 1.165) is 30.7 Å². The number of hydrogen-bond acceptors (Lipinski definition) is 5. The second-order valence-corrected chi connectivity index (χ2v) is 6.30. The maximum atomic E-state index is 13.2. The molecular weight excluding hydrogens is 368 g/mol. The lowest BCUT2D eigenvalue weighted by molar-refractivity contribution is 0.290. The Balaban J connectivity index is 0.00000240. The summed E-state index contributed by atoms with van der Waals surface area (Å²) < 4.78 is 38.9. The highest BCUT2D eigenvalue weighted by atomic mass is 19.2. The van der Waals surface area contributed by atoms with E-state index in [1.165, 1.54) is 6.07 Å². The van der Waals surface area contributed by atoms with Gasteiger partial charge in [0.25, 0.3) is 0 Å². The molecule has 4 rings (SSSR count). The van der Waals surface area contributed by atoms with Crippen molar-refractivity contribution in [1.82, 2.24) is 9.55 Å². The summed E-state index contributed by atoms with van der Waals surface area (Å²) in [5.74, 6) is -0.251. The van der Waals surface area contributed by atoms with Crippen LogP contribution in [0.1, 0.15) is 13.4 Å². The number of ether oxygens (including phenoxy) is 2. The number of anilines is 1. The third-order valence-corrected chi connectivity index (χ3v) is 4.29. The minimum absolute atomic E-state index is 0. The summed E-state index contributed by atoms with van der Waals surface area (Å²) in [4.78, 5) is 16.0. The van der Waals surface area contributed by atoms with Gasteiger partial charge in [0.2, 0.25) is 5.88 Å². The van der Waals surface area contributed by atoms with Gasteiger partial charge in [-0.05, 0) is 36.2 Å². The lowest BCUT2D eigenvalue weighted by Gasteiger charge is -2.19. The molecule has 2 heterocycles. The third-order valence-electron chi connectivity index (χ3n) is 4.29. The van der Waals surface area contributed by atoms with Gasteiger partial charge >= 0.3 is 5.69 Å². The van der Waals surface area contributed by atoms with Gasteiger partial charge in [-0.15, -0.1) is 0 Å². The maximum absolute atomic E-state index is 13.2. The van der Waals surface area contributed by atoms with Crippen LogP contribution < -0.4 is 20.5 Å². The number of rotatable bonds is 5. The first-order valence-corrected chi connectivity index (χ1v) is 8.79. The molecule has 8 heteroatoms. The molecule has 0 saturated heterocycles. The second kappa shape index (κ2) is 7.67. The smallest absolute Gasteiger partial charge is 0.352 e. The zero-order valence-electron chi connectivity index (χ0n) is 14.8. The SMILES string of the molecule is O=c1nc(OCc2ccc(Oc3ccc(F)c(F)c3)cc2)cc2n1CCCN2.[HH]. The van der Waals surface area contributed by atoms with Gasteiger partial charge in [-0.3, -0.25) is 4.57 Å². The van der Waals surface area contributed by atoms with Crippen molar-refractivity contribution in [2.24, 2.45) is 0 Å². The molecule has 0 aliphatic carbocycles. The van der Waals surface area contributed by atoms with E-state index in [1.807, 2.05) is 0 Å². The van der Waals surface area contributed by atoms with Crippen LogP contribution in [0.3, 0.4) is 0 Å². The van der Waals surface area contributed by atoms with E-state index in [1.54, 1.807) is 34.9 Å². The molecule has 2 aromatic carbocycles. The van der Waals surface area contributed by atoms with E-state index < -0.39 is 11.6 Å². The van der Waals surface area contributed by atoms with Crippen LogP contribution in [0.4, 0.5) is 14.6 Å². The molecule has 1 aromatic heterocycles. The van der Waals surface area contributed by atoms with Crippen LogP contribution in [-0.4, -0.2) is 16.1 Å². The summed E-state index contributed by atoms with van der Waals surface area (Å²) in [6, 6.07) is 12.0. The predicted octanol–water partition coefficient (Wildman–Crippen LogP) is 3.95. The number of benzene rings is 2. The van der Waals surface area contributed by atoms with Crippen LogP contribution in [0, 0.1) is 11.6 Å². The van der Waals surface area contributed by atoms with Crippen LogP contribution in [0.5, 0.6) is 17.4 Å². The van der Waals surface area contributed by atoms with Crippen molar-refractivity contribution in [3.63, 3.8) is 0 Å². The standard InChI is InChI=1S/C20H17F2N3O3.H2/c21-16-7-6-15(10-17(16)22)28-14-4-2-13(3-5-14)12-27-19-11-18-23-8-1-9-25(18)20(26)24-19;/h2-7,10-11,23H,1,8-9,12H2;1H. The topological polar surface area (TPSA) is 65.4 Å². The van der Waals surface area contributed by atoms with E-state index in [-0.39, 0.29) is 25.4 Å². The second-order valence-electron chi connectivity index (χ2n) is 6.30. The van der Waals surface area contributed by atoms with E-state index in [4.69, 9.17) is 9.47 Å². The number of hydrogen-bond donors (Lipinski definition) is 1. The van der Waals surface area contributed by atoms with Gasteiger partial charge in [-0.25, -0.2) is 13.6 Å². The van der Waals surface area contributed by atoms with Crippen molar-refractivity contribution in [3.8, 4) is 17.4 Å². The first-order chi connectivity index (χ1) is 13.6. The summed E-state index contributed by atoms with van der Waals surface area (Å²) in [6.45, 7) is 1.68. The molecule has 0 bridgehead atoms. The molecule has 0 saturated carbocycles. The average Bonchev–Trinajstić information content (AvgIpc) is 2.70. The van der Waals surface area contributed by atoms with Crippen molar-refractivity contribution in [2.75, 3.05) is 11.9 Å². The zero-order valence-corrected chi connectivity index (χ0v) is 14.8. The van der Waals surface area contributed by atoms with Gasteiger partial charge in [0.1, 0.15) is 23.9 Å². The predicted molar refractivity (Wildman–Crippen MR) is 101 cm³/mol. The molecule has 1 aliphatic rings. The minimum Gasteiger partial charge on any atom is -0.473 e. The molecular formula is C20H19F2N3O3. The van der Waals surface area contributed by atoms with Crippen LogP contribution in [0.15, 0.2) is 53.3 Å². The molecule has 28 heavy (non-hydrogen) atoms. The molecule has 146 valence electrons. The molecule has 0 atom stereocenters. The summed E-state index contributed by atoms with van der Waals surface area (Å²) >= 11 is 0. The third kappa shape index (κ3) is 3.95. The summed E-state index contributed by atoms with van der Waals surface area (Å²) in [5, 5.41) is 3.16. The molecule has 1 aliphatic heterocycles. The Bertz CT molecular complexity index is 1060. The largest absolute Gasteiger partial charge is 0.473 e. The van der Waals surface area contributed by atoms with Crippen LogP contribution >= 0.6 is 0 Å². The number of halogens is 2. The fraction of sp³-hybridized carbons (Fsp3) is 0.200. The molecule has 1 N–H and O–H groups in total. The van der Waals surface area contributed by atoms with Gasteiger partial charge in [-0.2, -0.15) is 4.98 Å². The normalized spacial score (nSPS) is 12.8. The summed E-state index contributed by atoms with van der Waals surface area (Å²) in [5.41, 5.74) is 0.500. The summed E-state index contributed by atoms with van der Waals surface area (Å²) in [7, 11) is 0. The fourth-order valence-electron chi connectivity index (χ4n) is 2.86. The van der Waals surface area contributed by atoms with Gasteiger partial charge in [0, 0.05) is 26.6 Å². The van der Waals surface area contributed by atoms with E-state index in [9.17, 15) is 13.6 Å². The van der Waals surface area contributed by atoms with Crippen molar-refractivity contribution < 1.29 is 19.7 Å². The van der Waals surface area contributed by atoms with Crippen molar-refractivity contribution in [2.45, 2.75) is 19.6 Å². The first-order valence-electron chi connectivity index (χ1n) is 8.79. The van der Waals surface area contributed by atoms with Crippen LogP contribution in [-0.2, 0) is 13.2 Å². The summed E-state index contributed by atoms with van der Waals surface area (Å²) in [6.07, 6.45) is 0.883. The van der Waals surface area contributed by atoms with Crippen LogP contribution in [0.25, 0.3) is 0 Å². The lowest BCUT2D eigenvalue weighted by Crippen LogP contribution is -2.30. The van der Waals surface area contributed by atoms with Crippen molar-refractivity contribution >= 4 is 5.82 Å². The zero-order chi connectivity index (χ0) is 19.5. The average molecular weight is 387 g/mol. The van der Waals surface area contributed by atoms with Crippen LogP contribution in [0.2, 0.25) is 0 Å². The molecule has 0 fully saturated rings. The molecule has 3 aromatic rings. The molecule has 6 nitrogen and oxygen atoms in total. The van der Waals surface area contributed by atoms with E-state index >= 15 is 0 Å². The Morgan fingerprint density at radius 2 is 1.86 bits per heavy atom. The van der Waals surface area contributed by atoms with Gasteiger partial charge in [-0.1, -0.05) is 12.1 Å². The molecule has 0 unspecified atom stereocenters. The molecule has 0 radical (unpaired) electrons.